The lowest BCUT2D eigenvalue weighted by molar-refractivity contribution is 0.350. The Morgan fingerprint density at radius 2 is 1.23 bits per heavy atom. The molecule has 4 aliphatic rings. The molecular formula is C62H88. The van der Waals surface area contributed by atoms with Crippen LogP contribution in [-0.4, -0.2) is 0 Å². The first-order chi connectivity index (χ1) is 29.3. The molecule has 5 rings (SSSR count). The molecule has 0 heteroatoms. The smallest absolute Gasteiger partial charge is 0.00142 e. The molecule has 10 unspecified atom stereocenters. The van der Waals surface area contributed by atoms with Gasteiger partial charge in [-0.2, -0.15) is 0 Å². The fourth-order valence-electron chi connectivity index (χ4n) is 12.2. The number of hydrogen-bond acceptors (Lipinski definition) is 0. The van der Waals surface area contributed by atoms with Crippen molar-refractivity contribution in [3.05, 3.63) is 162 Å². The van der Waals surface area contributed by atoms with Crippen molar-refractivity contribution in [2.24, 2.45) is 59.2 Å². The van der Waals surface area contributed by atoms with Crippen molar-refractivity contribution in [3.8, 4) is 0 Å². The maximum Gasteiger partial charge on any atom is -0.00142 e. The topological polar surface area (TPSA) is 0 Å². The van der Waals surface area contributed by atoms with Gasteiger partial charge >= 0.3 is 0 Å². The summed E-state index contributed by atoms with van der Waals surface area (Å²) in [5.41, 5.74) is 20.4. The van der Waals surface area contributed by atoms with E-state index in [0.717, 1.165) is 96.3 Å². The second-order valence-corrected chi connectivity index (χ2v) is 21.7. The third-order valence-electron chi connectivity index (χ3n) is 16.6. The van der Waals surface area contributed by atoms with E-state index in [4.69, 9.17) is 59.2 Å². The van der Waals surface area contributed by atoms with Gasteiger partial charge < -0.3 is 0 Å². The summed E-state index contributed by atoms with van der Waals surface area (Å²) in [6, 6.07) is 7.12. The molecule has 62 heavy (non-hydrogen) atoms. The highest BCUT2D eigenvalue weighted by Gasteiger charge is 2.39. The Bertz CT molecular complexity index is 1980. The van der Waals surface area contributed by atoms with Crippen LogP contribution in [0.4, 0.5) is 0 Å². The maximum atomic E-state index is 5.03. The summed E-state index contributed by atoms with van der Waals surface area (Å²) in [5.74, 6) is 4.16. The first-order valence-electron chi connectivity index (χ1n) is 24.9. The molecule has 2 bridgehead atoms. The first kappa shape index (κ1) is 49.4. The summed E-state index contributed by atoms with van der Waals surface area (Å²) >= 11 is 0. The van der Waals surface area contributed by atoms with E-state index in [1.165, 1.54) is 96.4 Å². The van der Waals surface area contributed by atoms with Crippen LogP contribution in [0.3, 0.4) is 0 Å². The zero-order valence-corrected chi connectivity index (χ0v) is 41.1. The van der Waals surface area contributed by atoms with E-state index in [0.29, 0.717) is 47.3 Å². The van der Waals surface area contributed by atoms with Crippen LogP contribution in [0.15, 0.2) is 145 Å². The van der Waals surface area contributed by atoms with E-state index in [9.17, 15) is 0 Å². The highest BCUT2D eigenvalue weighted by Crippen LogP contribution is 2.51. The van der Waals surface area contributed by atoms with Crippen molar-refractivity contribution < 1.29 is 0 Å². The molecular weight excluding hydrogens is 745 g/mol. The summed E-state index contributed by atoms with van der Waals surface area (Å²) in [6.07, 6.45) is 17.0. The maximum absolute atomic E-state index is 5.03. The number of hydrogen-bond donors (Lipinski definition) is 0. The third-order valence-corrected chi connectivity index (χ3v) is 16.6. The van der Waals surface area contributed by atoms with Crippen LogP contribution in [0.1, 0.15) is 161 Å². The van der Waals surface area contributed by atoms with Crippen LogP contribution < -0.4 is 0 Å². The molecule has 0 amide bonds. The SMILES string of the molecule is C=C(C)CC1CC(=C)C2CC(=C)CCC(=C)C(C(C)CC)CC(=C)CCC(=C)C(CC(=C)C(C(C)CC)CC(=C)C3CC(C)CC3C1=C)CC1=C(Cc3cc(C)ccc31)C(=C)C2. The predicted octanol–water partition coefficient (Wildman–Crippen LogP) is 18.4. The minimum Gasteiger partial charge on any atom is -0.100 e. The van der Waals surface area contributed by atoms with Crippen LogP contribution in [0.2, 0.25) is 0 Å². The highest BCUT2D eigenvalue weighted by atomic mass is 14.4. The second-order valence-electron chi connectivity index (χ2n) is 21.7. The molecule has 1 fully saturated rings. The van der Waals surface area contributed by atoms with Crippen molar-refractivity contribution in [3.63, 3.8) is 0 Å². The average molecular weight is 833 g/mol. The Kier molecular flexibility index (Phi) is 17.4. The van der Waals surface area contributed by atoms with E-state index >= 15 is 0 Å². The van der Waals surface area contributed by atoms with Crippen LogP contribution in [0, 0.1) is 66.1 Å². The van der Waals surface area contributed by atoms with E-state index in [1.54, 1.807) is 0 Å². The number of fused-ring (bicyclic) bond motifs is 5. The lowest BCUT2D eigenvalue weighted by atomic mass is 9.70. The van der Waals surface area contributed by atoms with Crippen molar-refractivity contribution in [2.45, 2.75) is 158 Å². The van der Waals surface area contributed by atoms with Gasteiger partial charge in [-0.05, 0) is 192 Å². The summed E-state index contributed by atoms with van der Waals surface area (Å²) in [7, 11) is 0. The van der Waals surface area contributed by atoms with Crippen molar-refractivity contribution in [2.75, 3.05) is 0 Å². The summed E-state index contributed by atoms with van der Waals surface area (Å²) in [4.78, 5) is 0. The Labute approximate surface area is 382 Å². The lowest BCUT2D eigenvalue weighted by Crippen LogP contribution is -2.23. The largest absolute Gasteiger partial charge is 0.100 e. The molecule has 0 radical (unpaired) electrons. The molecule has 1 saturated carbocycles. The summed E-state index contributed by atoms with van der Waals surface area (Å²) < 4.78 is 0. The van der Waals surface area contributed by atoms with Gasteiger partial charge in [-0.25, -0.2) is 0 Å². The first-order valence-corrected chi connectivity index (χ1v) is 24.9. The van der Waals surface area contributed by atoms with Gasteiger partial charge in [0.2, 0.25) is 0 Å². The van der Waals surface area contributed by atoms with Crippen molar-refractivity contribution >= 4 is 5.57 Å². The summed E-state index contributed by atoms with van der Waals surface area (Å²) in [5, 5.41) is 0. The van der Waals surface area contributed by atoms with E-state index in [-0.39, 0.29) is 11.8 Å². The zero-order valence-electron chi connectivity index (χ0n) is 41.1. The Balaban J connectivity index is 1.70. The number of rotatable bonds is 6. The molecule has 0 saturated heterocycles. The van der Waals surface area contributed by atoms with Gasteiger partial charge in [-0.15, -0.1) is 6.58 Å². The predicted molar refractivity (Wildman–Crippen MR) is 276 cm³/mol. The fourth-order valence-corrected chi connectivity index (χ4v) is 12.2. The highest BCUT2D eigenvalue weighted by molar-refractivity contribution is 5.80. The van der Waals surface area contributed by atoms with Gasteiger partial charge in [0, 0.05) is 0 Å². The van der Waals surface area contributed by atoms with Gasteiger partial charge in [0.05, 0.1) is 0 Å². The Hall–Kier alpha value is -3.64. The minimum atomic E-state index is 0.237. The second kappa shape index (κ2) is 21.8. The standard InChI is InChI=1S/C62H88/c1-18-43(9)57-29-41(7)20-23-45(11)53-33-48(14)58(44(10)19-2)35-50(16)59-30-42(8)31-61(59)51(17)54(26-38(3)4)32-47(13)52(27-39(5)21-24-46(57)12)34-49(15)60-37-55-28-40(6)22-25-56(55)62(60)36-53/h22,25,28,42-44,52-54,57-59,61H,3,5,7,11-21,23-24,26-27,29-37H2,1-2,4,6,8-10H3. The minimum absolute atomic E-state index is 0.237. The van der Waals surface area contributed by atoms with Crippen LogP contribution in [0.5, 0.6) is 0 Å². The molecule has 0 heterocycles. The van der Waals surface area contributed by atoms with Gasteiger partial charge in [0.25, 0.3) is 0 Å². The van der Waals surface area contributed by atoms with Crippen LogP contribution in [-0.2, 0) is 6.42 Å². The molecule has 4 aliphatic carbocycles. The monoisotopic (exact) mass is 833 g/mol. The number of benzene rings is 1. The molecule has 0 aromatic heterocycles. The van der Waals surface area contributed by atoms with E-state index in [2.05, 4.69) is 73.2 Å². The van der Waals surface area contributed by atoms with Gasteiger partial charge in [-0.1, -0.05) is 186 Å². The molecule has 0 nitrogen and oxygen atoms in total. The van der Waals surface area contributed by atoms with E-state index in [1.807, 2.05) is 0 Å². The van der Waals surface area contributed by atoms with Crippen molar-refractivity contribution in [1.29, 1.82) is 0 Å². The molecule has 0 spiro atoms. The zero-order chi connectivity index (χ0) is 45.6. The average Bonchev–Trinajstić information content (AvgIpc) is 3.80. The molecule has 1 aromatic rings. The number of aryl methyl sites for hydroxylation is 1. The molecule has 0 aliphatic heterocycles. The van der Waals surface area contributed by atoms with Gasteiger partial charge in [0.15, 0.2) is 0 Å². The molecule has 10 atom stereocenters. The van der Waals surface area contributed by atoms with Gasteiger partial charge in [0.1, 0.15) is 0 Å². The van der Waals surface area contributed by atoms with Crippen molar-refractivity contribution in [1.82, 2.24) is 0 Å². The molecule has 336 valence electrons. The van der Waals surface area contributed by atoms with Crippen LogP contribution >= 0.6 is 0 Å². The van der Waals surface area contributed by atoms with Gasteiger partial charge in [-0.3, -0.25) is 0 Å². The Morgan fingerprint density at radius 1 is 0.629 bits per heavy atom. The van der Waals surface area contributed by atoms with Crippen LogP contribution in [0.25, 0.3) is 5.57 Å². The fraction of sp³-hybridized carbons (Fsp3) is 0.548. The lowest BCUT2D eigenvalue weighted by Gasteiger charge is -2.35. The normalized spacial score (nSPS) is 30.3. The molecule has 1 aromatic carbocycles. The van der Waals surface area contributed by atoms with E-state index < -0.39 is 0 Å². The quantitative estimate of drug-likeness (QED) is 0.251. The summed E-state index contributed by atoms with van der Waals surface area (Å²) in [6.45, 7) is 65.2. The molecule has 0 N–H and O–H groups in total. The number of allylic oxidation sites excluding steroid dienone is 12. The third kappa shape index (κ3) is 12.1. The Morgan fingerprint density at radius 3 is 1.87 bits per heavy atom.